The summed E-state index contributed by atoms with van der Waals surface area (Å²) >= 11 is 6.02. The quantitative estimate of drug-likeness (QED) is 0.919. The first-order chi connectivity index (χ1) is 9.61. The molecule has 0 radical (unpaired) electrons. The maximum absolute atomic E-state index is 6.02. The van der Waals surface area contributed by atoms with Crippen molar-refractivity contribution in [1.82, 2.24) is 9.88 Å². The number of nitrogens with two attached hydrogens (primary N) is 1. The molecule has 20 heavy (non-hydrogen) atoms. The number of rotatable bonds is 5. The molecule has 1 aromatic carbocycles. The van der Waals surface area contributed by atoms with Gasteiger partial charge in [-0.25, -0.2) is 0 Å². The Morgan fingerprint density at radius 3 is 2.55 bits per heavy atom. The molecule has 0 bridgehead atoms. The largest absolute Gasteiger partial charge is 0.329 e. The molecule has 1 heterocycles. The second kappa shape index (κ2) is 6.84. The van der Waals surface area contributed by atoms with Gasteiger partial charge in [-0.1, -0.05) is 17.7 Å². The summed E-state index contributed by atoms with van der Waals surface area (Å²) in [6.07, 6.45) is 3.63. The Balaban J connectivity index is 2.19. The number of pyridine rings is 1. The minimum atomic E-state index is 0.181. The molecule has 0 aliphatic heterocycles. The lowest BCUT2D eigenvalue weighted by Crippen LogP contribution is -2.30. The molecule has 0 aliphatic rings. The Bertz CT molecular complexity index is 557. The maximum Gasteiger partial charge on any atom is 0.0473 e. The van der Waals surface area contributed by atoms with E-state index in [1.54, 1.807) is 0 Å². The summed E-state index contributed by atoms with van der Waals surface area (Å²) in [5, 5.41) is 0.763. The first kappa shape index (κ1) is 15.0. The van der Waals surface area contributed by atoms with E-state index in [4.69, 9.17) is 17.3 Å². The van der Waals surface area contributed by atoms with Crippen molar-refractivity contribution in [3.63, 3.8) is 0 Å². The normalized spacial score (nSPS) is 12.7. The van der Waals surface area contributed by atoms with E-state index in [1.165, 1.54) is 16.7 Å². The molecule has 0 spiro atoms. The van der Waals surface area contributed by atoms with E-state index in [2.05, 4.69) is 29.9 Å². The monoisotopic (exact) mass is 289 g/mol. The average molecular weight is 290 g/mol. The predicted octanol–water partition coefficient (Wildman–Crippen LogP) is 3.18. The topological polar surface area (TPSA) is 42.1 Å². The van der Waals surface area contributed by atoms with E-state index in [0.29, 0.717) is 6.54 Å². The van der Waals surface area contributed by atoms with Crippen molar-refractivity contribution in [2.24, 2.45) is 5.73 Å². The average Bonchev–Trinajstić information content (AvgIpc) is 2.43. The molecule has 2 aromatic rings. The van der Waals surface area contributed by atoms with E-state index in [0.717, 1.165) is 11.6 Å². The number of halogens is 1. The Hall–Kier alpha value is -1.42. The van der Waals surface area contributed by atoms with Crippen LogP contribution in [0.15, 0.2) is 42.7 Å². The minimum absolute atomic E-state index is 0.181. The molecule has 1 aromatic heterocycles. The maximum atomic E-state index is 6.02. The Morgan fingerprint density at radius 1 is 1.25 bits per heavy atom. The highest BCUT2D eigenvalue weighted by atomic mass is 35.5. The first-order valence-corrected chi connectivity index (χ1v) is 7.05. The lowest BCUT2D eigenvalue weighted by Gasteiger charge is -2.28. The predicted molar refractivity (Wildman–Crippen MR) is 83.7 cm³/mol. The second-order valence-corrected chi connectivity index (χ2v) is 5.46. The van der Waals surface area contributed by atoms with Gasteiger partial charge < -0.3 is 5.73 Å². The van der Waals surface area contributed by atoms with Crippen LogP contribution in [-0.2, 0) is 6.54 Å². The number of aromatic nitrogens is 1. The van der Waals surface area contributed by atoms with Crippen LogP contribution in [0, 0.1) is 6.92 Å². The molecular formula is C16H20ClN3. The molecule has 1 atom stereocenters. The van der Waals surface area contributed by atoms with Gasteiger partial charge in [-0.2, -0.15) is 0 Å². The summed E-state index contributed by atoms with van der Waals surface area (Å²) in [5.41, 5.74) is 9.61. The molecule has 1 unspecified atom stereocenters. The van der Waals surface area contributed by atoms with Gasteiger partial charge in [0.25, 0.3) is 0 Å². The Morgan fingerprint density at radius 2 is 1.95 bits per heavy atom. The summed E-state index contributed by atoms with van der Waals surface area (Å²) in [5.74, 6) is 0. The number of aryl methyl sites for hydroxylation is 1. The van der Waals surface area contributed by atoms with E-state index in [9.17, 15) is 0 Å². The summed E-state index contributed by atoms with van der Waals surface area (Å²) in [6, 6.07) is 10.2. The number of nitrogens with zero attached hydrogens (tertiary/aromatic N) is 2. The lowest BCUT2D eigenvalue weighted by atomic mass is 10.00. The number of hydrogen-bond acceptors (Lipinski definition) is 3. The first-order valence-electron chi connectivity index (χ1n) is 6.67. The van der Waals surface area contributed by atoms with E-state index >= 15 is 0 Å². The molecule has 3 nitrogen and oxygen atoms in total. The third-order valence-electron chi connectivity index (χ3n) is 3.53. The minimum Gasteiger partial charge on any atom is -0.329 e. The highest BCUT2D eigenvalue weighted by Crippen LogP contribution is 2.25. The molecule has 0 aliphatic carbocycles. The van der Waals surface area contributed by atoms with Gasteiger partial charge in [-0.05, 0) is 54.9 Å². The van der Waals surface area contributed by atoms with Gasteiger partial charge >= 0.3 is 0 Å². The summed E-state index contributed by atoms with van der Waals surface area (Å²) in [4.78, 5) is 6.30. The van der Waals surface area contributed by atoms with Crippen LogP contribution in [0.1, 0.15) is 22.7 Å². The van der Waals surface area contributed by atoms with E-state index in [1.807, 2.05) is 36.7 Å². The Kier molecular flexibility index (Phi) is 5.12. The third kappa shape index (κ3) is 3.57. The van der Waals surface area contributed by atoms with Crippen LogP contribution in [0.2, 0.25) is 5.02 Å². The van der Waals surface area contributed by atoms with Crippen molar-refractivity contribution < 1.29 is 0 Å². The van der Waals surface area contributed by atoms with Gasteiger partial charge in [0, 0.05) is 36.5 Å². The smallest absolute Gasteiger partial charge is 0.0473 e. The molecule has 2 N–H and O–H groups in total. The standard InChI is InChI=1S/C16H20ClN3/c1-12-9-14(17)3-4-15(12)16(10-18)20(2)11-13-5-7-19-8-6-13/h3-9,16H,10-11,18H2,1-2H3. The highest BCUT2D eigenvalue weighted by molar-refractivity contribution is 6.30. The molecule has 106 valence electrons. The van der Waals surface area contributed by atoms with Gasteiger partial charge in [0.15, 0.2) is 0 Å². The zero-order valence-corrected chi connectivity index (χ0v) is 12.6. The van der Waals surface area contributed by atoms with Crippen molar-refractivity contribution in [1.29, 1.82) is 0 Å². The number of hydrogen-bond donors (Lipinski definition) is 1. The van der Waals surface area contributed by atoms with Crippen LogP contribution in [-0.4, -0.2) is 23.5 Å². The van der Waals surface area contributed by atoms with Crippen LogP contribution < -0.4 is 5.73 Å². The highest BCUT2D eigenvalue weighted by Gasteiger charge is 2.17. The lowest BCUT2D eigenvalue weighted by molar-refractivity contribution is 0.241. The third-order valence-corrected chi connectivity index (χ3v) is 3.76. The van der Waals surface area contributed by atoms with Crippen LogP contribution in [0.25, 0.3) is 0 Å². The van der Waals surface area contributed by atoms with Crippen LogP contribution in [0.4, 0.5) is 0 Å². The zero-order chi connectivity index (χ0) is 14.5. The molecular weight excluding hydrogens is 270 g/mol. The zero-order valence-electron chi connectivity index (χ0n) is 11.9. The molecule has 2 rings (SSSR count). The van der Waals surface area contributed by atoms with Gasteiger partial charge in [0.05, 0.1) is 0 Å². The van der Waals surface area contributed by atoms with Gasteiger partial charge in [-0.3, -0.25) is 9.88 Å². The van der Waals surface area contributed by atoms with E-state index < -0.39 is 0 Å². The fraction of sp³-hybridized carbons (Fsp3) is 0.312. The second-order valence-electron chi connectivity index (χ2n) is 5.02. The number of likely N-dealkylation sites (N-methyl/N-ethyl adjacent to an activating group) is 1. The summed E-state index contributed by atoms with van der Waals surface area (Å²) in [7, 11) is 2.09. The van der Waals surface area contributed by atoms with E-state index in [-0.39, 0.29) is 6.04 Å². The molecule has 0 saturated heterocycles. The van der Waals surface area contributed by atoms with Crippen molar-refractivity contribution in [2.45, 2.75) is 19.5 Å². The van der Waals surface area contributed by atoms with Crippen molar-refractivity contribution >= 4 is 11.6 Å². The molecule has 0 fully saturated rings. The van der Waals surface area contributed by atoms with Crippen molar-refractivity contribution in [2.75, 3.05) is 13.6 Å². The SMILES string of the molecule is Cc1cc(Cl)ccc1C(CN)N(C)Cc1ccncc1. The van der Waals surface area contributed by atoms with Crippen LogP contribution >= 0.6 is 11.6 Å². The van der Waals surface area contributed by atoms with Gasteiger partial charge in [0.1, 0.15) is 0 Å². The van der Waals surface area contributed by atoms with Crippen LogP contribution in [0.3, 0.4) is 0 Å². The Labute approximate surface area is 125 Å². The molecule has 4 heteroatoms. The fourth-order valence-electron chi connectivity index (χ4n) is 2.44. The van der Waals surface area contributed by atoms with Gasteiger partial charge in [0.2, 0.25) is 0 Å². The molecule has 0 saturated carbocycles. The number of benzene rings is 1. The fourth-order valence-corrected chi connectivity index (χ4v) is 2.67. The van der Waals surface area contributed by atoms with Crippen molar-refractivity contribution in [3.8, 4) is 0 Å². The summed E-state index contributed by atoms with van der Waals surface area (Å²) < 4.78 is 0. The van der Waals surface area contributed by atoms with Crippen LogP contribution in [0.5, 0.6) is 0 Å². The van der Waals surface area contributed by atoms with Crippen molar-refractivity contribution in [3.05, 3.63) is 64.4 Å². The molecule has 0 amide bonds. The van der Waals surface area contributed by atoms with Gasteiger partial charge in [-0.15, -0.1) is 0 Å². The summed E-state index contributed by atoms with van der Waals surface area (Å²) in [6.45, 7) is 3.49.